The van der Waals surface area contributed by atoms with Crippen LogP contribution in [0.2, 0.25) is 0 Å². The van der Waals surface area contributed by atoms with E-state index < -0.39 is 16.8 Å². The lowest BCUT2D eigenvalue weighted by Gasteiger charge is -2.19. The largest absolute Gasteiger partial charge is 0.550 e. The van der Waals surface area contributed by atoms with Crippen LogP contribution in [0.15, 0.2) is 72.8 Å². The lowest BCUT2D eigenvalue weighted by atomic mass is 9.85. The molecule has 7 nitrogen and oxygen atoms in total. The molecule has 3 aromatic rings. The molecule has 0 aliphatic heterocycles. The van der Waals surface area contributed by atoms with E-state index in [4.69, 9.17) is 4.74 Å². The highest BCUT2D eigenvalue weighted by Gasteiger charge is 2.23. The van der Waals surface area contributed by atoms with Crippen LogP contribution in [0.25, 0.3) is 0 Å². The highest BCUT2D eigenvalue weighted by atomic mass is 16.6. The number of benzene rings is 3. The topological polar surface area (TPSA) is 110 Å². The van der Waals surface area contributed by atoms with Crippen LogP contribution in [-0.2, 0) is 11.4 Å². The molecule has 7 heteroatoms. The number of aryl methyl sites for hydroxylation is 1. The van der Waals surface area contributed by atoms with Crippen molar-refractivity contribution < 1.29 is 24.4 Å². The van der Waals surface area contributed by atoms with E-state index >= 15 is 0 Å². The van der Waals surface area contributed by atoms with Crippen LogP contribution >= 0.6 is 0 Å². The molecule has 0 fully saturated rings. The second kappa shape index (κ2) is 10.3. The van der Waals surface area contributed by atoms with Gasteiger partial charge in [0, 0.05) is 29.6 Å². The third kappa shape index (κ3) is 5.78. The predicted molar refractivity (Wildman–Crippen MR) is 116 cm³/mol. The second-order valence-corrected chi connectivity index (χ2v) is 7.43. The van der Waals surface area contributed by atoms with Gasteiger partial charge in [0.1, 0.15) is 12.4 Å². The number of carboxylic acid groups (broad SMARTS) is 1. The molecule has 1 unspecified atom stereocenters. The Labute approximate surface area is 185 Å². The SMILES string of the molecule is Cc1ccccc1C(CCC(=O)[O-])C(=O)c1cccc(OCc2cccc([N+](=O)[O-])c2)c1. The van der Waals surface area contributed by atoms with Crippen LogP contribution < -0.4 is 9.84 Å². The number of nitrogens with zero attached hydrogens (tertiary/aromatic N) is 1. The first-order valence-corrected chi connectivity index (χ1v) is 10.1. The van der Waals surface area contributed by atoms with Crippen molar-refractivity contribution in [2.45, 2.75) is 32.3 Å². The van der Waals surface area contributed by atoms with Crippen LogP contribution in [0.1, 0.15) is 45.8 Å². The van der Waals surface area contributed by atoms with Gasteiger partial charge >= 0.3 is 0 Å². The quantitative estimate of drug-likeness (QED) is 0.272. The third-order valence-electron chi connectivity index (χ3n) is 5.16. The summed E-state index contributed by atoms with van der Waals surface area (Å²) in [6, 6.07) is 20.2. The number of hydrogen-bond donors (Lipinski definition) is 0. The molecule has 0 saturated carbocycles. The molecule has 0 amide bonds. The summed E-state index contributed by atoms with van der Waals surface area (Å²) in [7, 11) is 0. The van der Waals surface area contributed by atoms with Crippen molar-refractivity contribution in [3.05, 3.63) is 105 Å². The number of hydrogen-bond acceptors (Lipinski definition) is 6. The Balaban J connectivity index is 1.80. The molecule has 0 spiro atoms. The van der Waals surface area contributed by atoms with E-state index in [9.17, 15) is 24.8 Å². The van der Waals surface area contributed by atoms with Crippen LogP contribution in [0.5, 0.6) is 5.75 Å². The molecule has 0 aliphatic carbocycles. The summed E-state index contributed by atoms with van der Waals surface area (Å²) >= 11 is 0. The molecule has 0 N–H and O–H groups in total. The molecule has 0 bridgehead atoms. The lowest BCUT2D eigenvalue weighted by molar-refractivity contribution is -0.384. The standard InChI is InChI=1S/C25H23NO6/c1-17-6-2-3-11-22(17)23(12-13-24(27)28)25(29)19-8-5-10-21(15-19)32-16-18-7-4-9-20(14-18)26(30)31/h2-11,14-15,23H,12-13,16H2,1H3,(H,27,28)/p-1. The lowest BCUT2D eigenvalue weighted by Crippen LogP contribution is -2.24. The van der Waals surface area contributed by atoms with Crippen LogP contribution in [0.3, 0.4) is 0 Å². The van der Waals surface area contributed by atoms with Crippen molar-refractivity contribution >= 4 is 17.4 Å². The Kier molecular flexibility index (Phi) is 7.33. The molecule has 0 aromatic heterocycles. The normalized spacial score (nSPS) is 11.5. The number of nitro groups is 1. The van der Waals surface area contributed by atoms with Gasteiger partial charge in [-0.15, -0.1) is 0 Å². The minimum absolute atomic E-state index is 0.0241. The zero-order chi connectivity index (χ0) is 23.1. The van der Waals surface area contributed by atoms with Crippen molar-refractivity contribution in [2.24, 2.45) is 0 Å². The summed E-state index contributed by atoms with van der Waals surface area (Å²) in [5.74, 6) is -1.60. The smallest absolute Gasteiger partial charge is 0.269 e. The Morgan fingerprint density at radius 3 is 2.47 bits per heavy atom. The van der Waals surface area contributed by atoms with Gasteiger partial charge in [-0.1, -0.05) is 48.5 Å². The van der Waals surface area contributed by atoms with Crippen molar-refractivity contribution in [1.82, 2.24) is 0 Å². The third-order valence-corrected chi connectivity index (χ3v) is 5.16. The van der Waals surface area contributed by atoms with Crippen LogP contribution in [-0.4, -0.2) is 16.7 Å². The number of rotatable bonds is 10. The van der Waals surface area contributed by atoms with Gasteiger partial charge in [-0.05, 0) is 48.6 Å². The van der Waals surface area contributed by atoms with Gasteiger partial charge < -0.3 is 14.6 Å². The number of carbonyl (C=O) groups excluding carboxylic acids is 2. The molecular weight excluding hydrogens is 410 g/mol. The number of ketones is 1. The number of carbonyl (C=O) groups is 2. The van der Waals surface area contributed by atoms with E-state index in [1.165, 1.54) is 12.1 Å². The van der Waals surface area contributed by atoms with E-state index in [-0.39, 0.29) is 30.9 Å². The molecule has 1 atom stereocenters. The monoisotopic (exact) mass is 432 g/mol. The summed E-state index contributed by atoms with van der Waals surface area (Å²) in [6.07, 6.45) is -0.0987. The van der Waals surface area contributed by atoms with Gasteiger partial charge in [0.2, 0.25) is 0 Å². The zero-order valence-electron chi connectivity index (χ0n) is 17.5. The first-order valence-electron chi connectivity index (χ1n) is 10.1. The molecule has 0 saturated heterocycles. The Bertz CT molecular complexity index is 1140. The molecule has 32 heavy (non-hydrogen) atoms. The number of carboxylic acids is 1. The molecule has 3 aromatic carbocycles. The molecule has 0 radical (unpaired) electrons. The molecular formula is C25H22NO6-. The van der Waals surface area contributed by atoms with E-state index in [1.807, 2.05) is 31.2 Å². The van der Waals surface area contributed by atoms with Gasteiger partial charge in [0.15, 0.2) is 5.78 Å². The van der Waals surface area contributed by atoms with E-state index in [0.29, 0.717) is 16.9 Å². The maximum absolute atomic E-state index is 13.3. The van der Waals surface area contributed by atoms with Gasteiger partial charge in [-0.3, -0.25) is 14.9 Å². The van der Waals surface area contributed by atoms with Crippen molar-refractivity contribution in [3.8, 4) is 5.75 Å². The average Bonchev–Trinajstić information content (AvgIpc) is 2.79. The van der Waals surface area contributed by atoms with E-state index in [2.05, 4.69) is 0 Å². The van der Waals surface area contributed by atoms with E-state index in [0.717, 1.165) is 11.1 Å². The fourth-order valence-electron chi connectivity index (χ4n) is 3.53. The number of aliphatic carboxylic acids is 1. The first-order chi connectivity index (χ1) is 15.3. The molecule has 3 rings (SSSR count). The summed E-state index contributed by atoms with van der Waals surface area (Å²) < 4.78 is 5.75. The maximum Gasteiger partial charge on any atom is 0.269 e. The fourth-order valence-corrected chi connectivity index (χ4v) is 3.53. The van der Waals surface area contributed by atoms with E-state index in [1.54, 1.807) is 36.4 Å². The number of Topliss-reactive ketones (excluding diaryl/α,β-unsaturated/α-hetero) is 1. The zero-order valence-corrected chi connectivity index (χ0v) is 17.5. The molecule has 0 aliphatic rings. The maximum atomic E-state index is 13.3. The van der Waals surface area contributed by atoms with Gasteiger partial charge in [0.05, 0.1) is 4.92 Å². The van der Waals surface area contributed by atoms with Crippen LogP contribution in [0.4, 0.5) is 5.69 Å². The summed E-state index contributed by atoms with van der Waals surface area (Å²) in [5.41, 5.74) is 2.68. The number of non-ortho nitro benzene ring substituents is 1. The average molecular weight is 432 g/mol. The van der Waals surface area contributed by atoms with Gasteiger partial charge in [0.25, 0.3) is 5.69 Å². The van der Waals surface area contributed by atoms with Crippen molar-refractivity contribution in [3.63, 3.8) is 0 Å². The Morgan fingerprint density at radius 2 is 1.75 bits per heavy atom. The molecule has 164 valence electrons. The molecule has 0 heterocycles. The van der Waals surface area contributed by atoms with Crippen molar-refractivity contribution in [2.75, 3.05) is 0 Å². The minimum atomic E-state index is -1.20. The summed E-state index contributed by atoms with van der Waals surface area (Å²) in [6.45, 7) is 1.98. The van der Waals surface area contributed by atoms with Crippen molar-refractivity contribution in [1.29, 1.82) is 0 Å². The van der Waals surface area contributed by atoms with Gasteiger partial charge in [-0.2, -0.15) is 0 Å². The second-order valence-electron chi connectivity index (χ2n) is 7.43. The minimum Gasteiger partial charge on any atom is -0.550 e. The highest BCUT2D eigenvalue weighted by molar-refractivity contribution is 6.01. The first kappa shape index (κ1) is 22.7. The number of ether oxygens (including phenoxy) is 1. The number of nitro benzene ring substituents is 1. The predicted octanol–water partition coefficient (Wildman–Crippen LogP) is 3.98. The summed E-state index contributed by atoms with van der Waals surface area (Å²) in [4.78, 5) is 34.8. The Morgan fingerprint density at radius 1 is 1.00 bits per heavy atom. The fraction of sp³-hybridized carbons (Fsp3) is 0.200. The Hall–Kier alpha value is -4.00. The summed E-state index contributed by atoms with van der Waals surface area (Å²) in [5, 5.41) is 22.0. The highest BCUT2D eigenvalue weighted by Crippen LogP contribution is 2.29. The van der Waals surface area contributed by atoms with Gasteiger partial charge in [-0.25, -0.2) is 0 Å². The van der Waals surface area contributed by atoms with Crippen LogP contribution in [0, 0.1) is 17.0 Å².